The Balaban J connectivity index is 1.60. The van der Waals surface area contributed by atoms with Crippen LogP contribution in [0.1, 0.15) is 66.1 Å². The molecule has 0 radical (unpaired) electrons. The number of carbonyl (C=O) groups excluding carboxylic acids is 4. The molecule has 2 unspecified atom stereocenters. The molecule has 9 nitrogen and oxygen atoms in total. The first-order valence-electron chi connectivity index (χ1n) is 14.4. The number of nitrogens with one attached hydrogen (secondary N) is 1. The predicted octanol–water partition coefficient (Wildman–Crippen LogP) is 5.46. The second-order valence-corrected chi connectivity index (χ2v) is 10.5. The van der Waals surface area contributed by atoms with Crippen molar-refractivity contribution >= 4 is 23.7 Å². The van der Waals surface area contributed by atoms with Crippen LogP contribution in [0.4, 0.5) is 13.2 Å². The van der Waals surface area contributed by atoms with Crippen molar-refractivity contribution in [2.75, 3.05) is 13.7 Å². The highest BCUT2D eigenvalue weighted by atomic mass is 19.4. The fraction of sp³-hybridized carbons (Fsp3) is 0.333. The van der Waals surface area contributed by atoms with Gasteiger partial charge in [-0.15, -0.1) is 5.06 Å². The van der Waals surface area contributed by atoms with Crippen LogP contribution in [0.2, 0.25) is 0 Å². The molecule has 3 amide bonds. The van der Waals surface area contributed by atoms with Gasteiger partial charge in [0.1, 0.15) is 11.4 Å². The van der Waals surface area contributed by atoms with Crippen molar-refractivity contribution < 1.29 is 46.7 Å². The van der Waals surface area contributed by atoms with Gasteiger partial charge < -0.3 is 19.6 Å². The minimum absolute atomic E-state index is 0.0229. The van der Waals surface area contributed by atoms with Crippen LogP contribution < -0.4 is 10.1 Å². The first-order chi connectivity index (χ1) is 21.5. The van der Waals surface area contributed by atoms with Gasteiger partial charge in [-0.05, 0) is 67.1 Å². The third-order valence-corrected chi connectivity index (χ3v) is 7.37. The fourth-order valence-corrected chi connectivity index (χ4v) is 5.04. The van der Waals surface area contributed by atoms with Crippen molar-refractivity contribution in [3.05, 3.63) is 101 Å². The molecule has 45 heavy (non-hydrogen) atoms. The molecular weight excluding hydrogens is 593 g/mol. The number of benzene rings is 3. The Morgan fingerprint density at radius 3 is 1.96 bits per heavy atom. The van der Waals surface area contributed by atoms with Crippen LogP contribution in [0.5, 0.6) is 5.75 Å². The van der Waals surface area contributed by atoms with E-state index in [2.05, 4.69) is 0 Å². The molecule has 1 heterocycles. The Kier molecular flexibility index (Phi) is 10.6. The summed E-state index contributed by atoms with van der Waals surface area (Å²) in [5.41, 5.74) is 1.08. The number of alkyl halides is 3. The number of carbonyl (C=O) groups is 4. The molecule has 4 rings (SSSR count). The SMILES string of the molecule is COc1ccc(C(OCCCCC(C)NC(=O)C(F)(F)F)(c2ccccc2)c2ccc(C(=O)ON3C(=O)CCC3=O)cc2)cc1. The Morgan fingerprint density at radius 2 is 1.40 bits per heavy atom. The van der Waals surface area contributed by atoms with E-state index in [9.17, 15) is 32.3 Å². The van der Waals surface area contributed by atoms with E-state index in [-0.39, 0.29) is 25.0 Å². The van der Waals surface area contributed by atoms with E-state index in [1.165, 1.54) is 19.1 Å². The summed E-state index contributed by atoms with van der Waals surface area (Å²) in [5, 5.41) is 2.45. The topological polar surface area (TPSA) is 111 Å². The lowest BCUT2D eigenvalue weighted by molar-refractivity contribution is -0.174. The highest BCUT2D eigenvalue weighted by molar-refractivity contribution is 6.02. The summed E-state index contributed by atoms with van der Waals surface area (Å²) >= 11 is 0. The Bertz CT molecular complexity index is 1480. The van der Waals surface area contributed by atoms with Crippen molar-refractivity contribution in [3.8, 4) is 5.75 Å². The minimum Gasteiger partial charge on any atom is -0.497 e. The number of nitrogens with zero attached hydrogens (tertiary/aromatic N) is 1. The number of rotatable bonds is 13. The van der Waals surface area contributed by atoms with Crippen molar-refractivity contribution in [2.45, 2.75) is 56.8 Å². The second kappa shape index (κ2) is 14.4. The first-order valence-corrected chi connectivity index (χ1v) is 14.4. The molecule has 0 aliphatic carbocycles. The third kappa shape index (κ3) is 7.88. The Hall–Kier alpha value is -4.71. The maximum atomic E-state index is 12.8. The summed E-state index contributed by atoms with van der Waals surface area (Å²) in [5.74, 6) is -3.39. The number of halogens is 3. The smallest absolute Gasteiger partial charge is 0.471 e. The van der Waals surface area contributed by atoms with Gasteiger partial charge in [0.25, 0.3) is 11.8 Å². The molecule has 2 atom stereocenters. The van der Waals surface area contributed by atoms with Crippen molar-refractivity contribution in [1.29, 1.82) is 0 Å². The molecule has 1 saturated heterocycles. The third-order valence-electron chi connectivity index (χ3n) is 7.37. The standard InChI is InChI=1S/C33H33F3N2O7/c1-22(37-31(42)33(34,35)36)8-6-7-21-44-32(24-9-4-3-5-10-24,26-15-17-27(43-2)18-16-26)25-13-11-23(12-14-25)30(41)45-38-28(39)19-20-29(38)40/h3-5,9-18,22H,6-8,19-21H2,1-2H3,(H,37,42). The zero-order chi connectivity index (χ0) is 32.6. The van der Waals surface area contributed by atoms with Gasteiger partial charge in [0.15, 0.2) is 0 Å². The number of unbranched alkanes of at least 4 members (excludes halogenated alkanes) is 1. The number of hydroxylamine groups is 2. The van der Waals surface area contributed by atoms with Crippen molar-refractivity contribution in [1.82, 2.24) is 10.4 Å². The first kappa shape index (κ1) is 33.2. The lowest BCUT2D eigenvalue weighted by atomic mass is 9.79. The number of imide groups is 1. The van der Waals surface area contributed by atoms with E-state index in [1.807, 2.05) is 47.8 Å². The minimum atomic E-state index is -4.94. The van der Waals surface area contributed by atoms with Gasteiger partial charge in [0.05, 0.1) is 12.7 Å². The van der Waals surface area contributed by atoms with Crippen LogP contribution >= 0.6 is 0 Å². The molecule has 238 valence electrons. The van der Waals surface area contributed by atoms with Gasteiger partial charge >= 0.3 is 18.1 Å². The zero-order valence-corrected chi connectivity index (χ0v) is 24.8. The van der Waals surface area contributed by atoms with Crippen LogP contribution in [0.25, 0.3) is 0 Å². The average molecular weight is 627 g/mol. The molecule has 1 fully saturated rings. The van der Waals surface area contributed by atoms with Crippen LogP contribution in [0.15, 0.2) is 78.9 Å². The maximum absolute atomic E-state index is 12.8. The quantitative estimate of drug-likeness (QED) is 0.152. The van der Waals surface area contributed by atoms with Crippen molar-refractivity contribution in [2.24, 2.45) is 0 Å². The molecule has 3 aromatic carbocycles. The normalized spacial score (nSPS) is 15.4. The summed E-state index contributed by atoms with van der Waals surface area (Å²) in [7, 11) is 1.55. The van der Waals surface area contributed by atoms with Crippen LogP contribution in [0.3, 0.4) is 0 Å². The second-order valence-electron chi connectivity index (χ2n) is 10.5. The number of ether oxygens (including phenoxy) is 2. The van der Waals surface area contributed by atoms with Crippen LogP contribution in [-0.2, 0) is 29.6 Å². The van der Waals surface area contributed by atoms with Gasteiger partial charge in [0, 0.05) is 25.5 Å². The lowest BCUT2D eigenvalue weighted by Gasteiger charge is -2.36. The fourth-order valence-electron chi connectivity index (χ4n) is 5.04. The molecule has 0 aromatic heterocycles. The van der Waals surface area contributed by atoms with Gasteiger partial charge in [-0.2, -0.15) is 13.2 Å². The summed E-state index contributed by atoms with van der Waals surface area (Å²) in [6.07, 6.45) is -3.73. The van der Waals surface area contributed by atoms with Crippen molar-refractivity contribution in [3.63, 3.8) is 0 Å². The number of hydrogen-bond donors (Lipinski definition) is 1. The molecule has 0 spiro atoms. The summed E-state index contributed by atoms with van der Waals surface area (Å²) in [6.45, 7) is 1.71. The molecule has 1 aliphatic rings. The zero-order valence-electron chi connectivity index (χ0n) is 24.8. The molecule has 0 saturated carbocycles. The summed E-state index contributed by atoms with van der Waals surface area (Å²) in [4.78, 5) is 52.9. The molecule has 1 aliphatic heterocycles. The maximum Gasteiger partial charge on any atom is 0.471 e. The van der Waals surface area contributed by atoms with Crippen LogP contribution in [-0.4, -0.2) is 54.7 Å². The highest BCUT2D eigenvalue weighted by Crippen LogP contribution is 2.41. The Morgan fingerprint density at radius 1 is 0.844 bits per heavy atom. The van der Waals surface area contributed by atoms with Gasteiger partial charge in [-0.1, -0.05) is 54.6 Å². The van der Waals surface area contributed by atoms with Gasteiger partial charge in [-0.3, -0.25) is 14.4 Å². The van der Waals surface area contributed by atoms with E-state index in [0.717, 1.165) is 11.1 Å². The van der Waals surface area contributed by atoms with Gasteiger partial charge in [-0.25, -0.2) is 4.79 Å². The van der Waals surface area contributed by atoms with E-state index in [1.54, 1.807) is 31.4 Å². The summed E-state index contributed by atoms with van der Waals surface area (Å²) in [6, 6.07) is 22.4. The van der Waals surface area contributed by atoms with E-state index >= 15 is 0 Å². The number of hydrogen-bond acceptors (Lipinski definition) is 7. The molecule has 0 bridgehead atoms. The number of methoxy groups -OCH3 is 1. The molecule has 12 heteroatoms. The van der Waals surface area contributed by atoms with E-state index in [0.29, 0.717) is 35.6 Å². The van der Waals surface area contributed by atoms with E-state index in [4.69, 9.17) is 14.3 Å². The molecule has 3 aromatic rings. The van der Waals surface area contributed by atoms with Crippen LogP contribution in [0, 0.1) is 0 Å². The monoisotopic (exact) mass is 626 g/mol. The highest BCUT2D eigenvalue weighted by Gasteiger charge is 2.40. The Labute approximate surface area is 258 Å². The lowest BCUT2D eigenvalue weighted by Crippen LogP contribution is -2.41. The van der Waals surface area contributed by atoms with E-state index < -0.39 is 41.5 Å². The largest absolute Gasteiger partial charge is 0.497 e. The number of amides is 3. The average Bonchev–Trinajstić information content (AvgIpc) is 3.35. The molecular formula is C33H33F3N2O7. The summed E-state index contributed by atoms with van der Waals surface area (Å²) < 4.78 is 49.9. The molecule has 1 N–H and O–H groups in total. The van der Waals surface area contributed by atoms with Gasteiger partial charge in [0.2, 0.25) is 0 Å². The predicted molar refractivity (Wildman–Crippen MR) is 156 cm³/mol.